The Labute approximate surface area is 123 Å². The highest BCUT2D eigenvalue weighted by atomic mass is 16.5. The number of tetrazole rings is 1. The van der Waals surface area contributed by atoms with Crippen molar-refractivity contribution >= 4 is 5.69 Å². The van der Waals surface area contributed by atoms with Crippen molar-refractivity contribution in [2.45, 2.75) is 26.2 Å². The number of hydrogen-bond acceptors (Lipinski definition) is 6. The molecule has 0 aliphatic rings. The Morgan fingerprint density at radius 3 is 2.81 bits per heavy atom. The van der Waals surface area contributed by atoms with E-state index in [1.807, 2.05) is 25.1 Å². The maximum absolute atomic E-state index is 8.75. The average molecular weight is 291 g/mol. The first-order chi connectivity index (χ1) is 10.3. The van der Waals surface area contributed by atoms with Crippen LogP contribution in [0.4, 0.5) is 5.69 Å². The number of unbranched alkanes of at least 4 members (excludes halogenated alkanes) is 2. The molecule has 2 N–H and O–H groups in total. The topological polar surface area (TPSA) is 85.1 Å². The summed E-state index contributed by atoms with van der Waals surface area (Å²) in [5.74, 6) is 1.42. The van der Waals surface area contributed by atoms with Crippen molar-refractivity contribution in [2.75, 3.05) is 25.6 Å². The Hall–Kier alpha value is -2.15. The van der Waals surface area contributed by atoms with Crippen molar-refractivity contribution in [3.63, 3.8) is 0 Å². The molecule has 2 aromatic rings. The lowest BCUT2D eigenvalue weighted by molar-refractivity contribution is 0.283. The second-order valence-electron chi connectivity index (χ2n) is 4.74. The Kier molecular flexibility index (Phi) is 5.51. The van der Waals surface area contributed by atoms with Crippen LogP contribution in [0, 0.1) is 6.92 Å². The minimum atomic E-state index is 0.255. The quantitative estimate of drug-likeness (QED) is 0.718. The van der Waals surface area contributed by atoms with E-state index in [0.717, 1.165) is 42.9 Å². The molecule has 21 heavy (non-hydrogen) atoms. The predicted molar refractivity (Wildman–Crippen MR) is 79.9 cm³/mol. The molecule has 0 amide bonds. The van der Waals surface area contributed by atoms with Crippen molar-refractivity contribution in [3.05, 3.63) is 24.0 Å². The van der Waals surface area contributed by atoms with Crippen LogP contribution in [0.2, 0.25) is 0 Å². The molecule has 0 aliphatic carbocycles. The summed E-state index contributed by atoms with van der Waals surface area (Å²) in [6.45, 7) is 2.96. The summed E-state index contributed by atoms with van der Waals surface area (Å²) < 4.78 is 7.01. The van der Waals surface area contributed by atoms with E-state index in [1.165, 1.54) is 0 Å². The summed E-state index contributed by atoms with van der Waals surface area (Å²) in [6, 6.07) is 5.83. The van der Waals surface area contributed by atoms with Crippen LogP contribution in [-0.2, 0) is 0 Å². The standard InChI is InChI=1S/C14H21N5O2/c1-11-16-17-18-19(11)13-10-12(6-7-14(13)21-2)15-8-4-3-5-9-20/h6-7,10,15,20H,3-5,8-9H2,1-2H3. The number of aliphatic hydroxyl groups is 1. The number of ether oxygens (including phenoxy) is 1. The molecular formula is C14H21N5O2. The van der Waals surface area contributed by atoms with Crippen LogP contribution in [0.3, 0.4) is 0 Å². The van der Waals surface area contributed by atoms with E-state index in [9.17, 15) is 0 Å². The van der Waals surface area contributed by atoms with Gasteiger partial charge in [-0.15, -0.1) is 5.10 Å². The molecule has 0 aliphatic heterocycles. The van der Waals surface area contributed by atoms with Gasteiger partial charge in [-0.1, -0.05) is 0 Å². The lowest BCUT2D eigenvalue weighted by atomic mass is 10.2. The van der Waals surface area contributed by atoms with Gasteiger partial charge in [0.15, 0.2) is 5.82 Å². The number of hydrogen-bond donors (Lipinski definition) is 2. The summed E-state index contributed by atoms with van der Waals surface area (Å²) in [4.78, 5) is 0. The van der Waals surface area contributed by atoms with Gasteiger partial charge < -0.3 is 15.2 Å². The fraction of sp³-hybridized carbons (Fsp3) is 0.500. The first-order valence-corrected chi connectivity index (χ1v) is 7.04. The first-order valence-electron chi connectivity index (χ1n) is 7.04. The van der Waals surface area contributed by atoms with Gasteiger partial charge in [-0.2, -0.15) is 4.68 Å². The van der Waals surface area contributed by atoms with Crippen LogP contribution >= 0.6 is 0 Å². The summed E-state index contributed by atoms with van der Waals surface area (Å²) in [6.07, 6.45) is 2.88. The highest BCUT2D eigenvalue weighted by Gasteiger charge is 2.10. The number of anilines is 1. The first kappa shape index (κ1) is 15.2. The lowest BCUT2D eigenvalue weighted by Gasteiger charge is -2.12. The second kappa shape index (κ2) is 7.58. The number of methoxy groups -OCH3 is 1. The Morgan fingerprint density at radius 1 is 1.29 bits per heavy atom. The average Bonchev–Trinajstić information content (AvgIpc) is 2.93. The molecule has 0 saturated heterocycles. The van der Waals surface area contributed by atoms with E-state index in [0.29, 0.717) is 5.82 Å². The molecule has 1 heterocycles. The van der Waals surface area contributed by atoms with Crippen molar-refractivity contribution in [1.29, 1.82) is 0 Å². The van der Waals surface area contributed by atoms with E-state index in [1.54, 1.807) is 11.8 Å². The molecule has 7 heteroatoms. The van der Waals surface area contributed by atoms with Crippen LogP contribution < -0.4 is 10.1 Å². The van der Waals surface area contributed by atoms with Crippen LogP contribution in [0.1, 0.15) is 25.1 Å². The number of benzene rings is 1. The van der Waals surface area contributed by atoms with Gasteiger partial charge in [0.05, 0.1) is 7.11 Å². The van der Waals surface area contributed by atoms with Gasteiger partial charge in [-0.05, 0) is 54.8 Å². The van der Waals surface area contributed by atoms with Gasteiger partial charge in [0, 0.05) is 18.8 Å². The zero-order valence-corrected chi connectivity index (χ0v) is 12.4. The normalized spacial score (nSPS) is 10.6. The minimum Gasteiger partial charge on any atom is -0.494 e. The smallest absolute Gasteiger partial charge is 0.153 e. The number of aromatic nitrogens is 4. The zero-order valence-electron chi connectivity index (χ0n) is 12.4. The van der Waals surface area contributed by atoms with Crippen LogP contribution in [0.5, 0.6) is 5.75 Å². The molecule has 0 radical (unpaired) electrons. The molecule has 0 spiro atoms. The molecule has 0 unspecified atom stereocenters. The Morgan fingerprint density at radius 2 is 2.14 bits per heavy atom. The van der Waals surface area contributed by atoms with Gasteiger partial charge in [0.2, 0.25) is 0 Å². The molecular weight excluding hydrogens is 270 g/mol. The highest BCUT2D eigenvalue weighted by Crippen LogP contribution is 2.26. The number of nitrogens with one attached hydrogen (secondary N) is 1. The second-order valence-corrected chi connectivity index (χ2v) is 4.74. The summed E-state index contributed by atoms with van der Waals surface area (Å²) in [5.41, 5.74) is 1.80. The van der Waals surface area contributed by atoms with E-state index < -0.39 is 0 Å². The molecule has 7 nitrogen and oxygen atoms in total. The summed E-state index contributed by atoms with van der Waals surface area (Å²) in [5, 5.41) is 23.6. The van der Waals surface area contributed by atoms with Gasteiger partial charge in [0.1, 0.15) is 11.4 Å². The minimum absolute atomic E-state index is 0.255. The van der Waals surface area contributed by atoms with Crippen LogP contribution in [0.15, 0.2) is 18.2 Å². The van der Waals surface area contributed by atoms with Crippen molar-refractivity contribution in [2.24, 2.45) is 0 Å². The van der Waals surface area contributed by atoms with Gasteiger partial charge in [-0.3, -0.25) is 0 Å². The van der Waals surface area contributed by atoms with E-state index in [4.69, 9.17) is 9.84 Å². The molecule has 0 saturated carbocycles. The third-order valence-corrected chi connectivity index (χ3v) is 3.20. The van der Waals surface area contributed by atoms with E-state index in [-0.39, 0.29) is 6.61 Å². The number of aryl methyl sites for hydroxylation is 1. The Balaban J connectivity index is 2.09. The van der Waals surface area contributed by atoms with Gasteiger partial charge in [-0.25, -0.2) is 0 Å². The molecule has 1 aromatic heterocycles. The maximum Gasteiger partial charge on any atom is 0.153 e. The van der Waals surface area contributed by atoms with Crippen LogP contribution in [0.25, 0.3) is 5.69 Å². The zero-order chi connectivity index (χ0) is 15.1. The number of nitrogens with zero attached hydrogens (tertiary/aromatic N) is 4. The third-order valence-electron chi connectivity index (χ3n) is 3.20. The lowest BCUT2D eigenvalue weighted by Crippen LogP contribution is -2.06. The molecule has 114 valence electrons. The van der Waals surface area contributed by atoms with Crippen LogP contribution in [-0.4, -0.2) is 45.6 Å². The highest BCUT2D eigenvalue weighted by molar-refractivity contribution is 5.58. The van der Waals surface area contributed by atoms with E-state index >= 15 is 0 Å². The molecule has 2 rings (SSSR count). The van der Waals surface area contributed by atoms with Gasteiger partial charge in [0.25, 0.3) is 0 Å². The maximum atomic E-state index is 8.75. The molecule has 0 bridgehead atoms. The number of rotatable bonds is 8. The molecule has 0 atom stereocenters. The van der Waals surface area contributed by atoms with Crippen molar-refractivity contribution in [3.8, 4) is 11.4 Å². The molecule has 1 aromatic carbocycles. The fourth-order valence-electron chi connectivity index (χ4n) is 2.07. The fourth-order valence-corrected chi connectivity index (χ4v) is 2.07. The predicted octanol–water partition coefficient (Wildman–Crippen LogP) is 1.55. The third kappa shape index (κ3) is 3.91. The summed E-state index contributed by atoms with van der Waals surface area (Å²) in [7, 11) is 1.63. The number of aliphatic hydroxyl groups excluding tert-OH is 1. The van der Waals surface area contributed by atoms with Crippen molar-refractivity contribution in [1.82, 2.24) is 20.2 Å². The monoisotopic (exact) mass is 291 g/mol. The largest absolute Gasteiger partial charge is 0.494 e. The summed E-state index contributed by atoms with van der Waals surface area (Å²) >= 11 is 0. The van der Waals surface area contributed by atoms with E-state index in [2.05, 4.69) is 20.8 Å². The van der Waals surface area contributed by atoms with Gasteiger partial charge >= 0.3 is 0 Å². The molecule has 0 fully saturated rings. The SMILES string of the molecule is COc1ccc(NCCCCCO)cc1-n1nnnc1C. The van der Waals surface area contributed by atoms with Crippen molar-refractivity contribution < 1.29 is 9.84 Å². The Bertz CT molecular complexity index is 570.